The van der Waals surface area contributed by atoms with Crippen LogP contribution in [0.2, 0.25) is 0 Å². The Morgan fingerprint density at radius 1 is 0.917 bits per heavy atom. The van der Waals surface area contributed by atoms with Gasteiger partial charge in [0.05, 0.1) is 5.92 Å². The zero-order valence-corrected chi connectivity index (χ0v) is 14.6. The molecule has 1 atom stereocenters. The van der Waals surface area contributed by atoms with Gasteiger partial charge in [0.25, 0.3) is 5.97 Å². The van der Waals surface area contributed by atoms with E-state index in [1.54, 1.807) is 0 Å². The molecule has 3 nitrogen and oxygen atoms in total. The van der Waals surface area contributed by atoms with Gasteiger partial charge in [0.1, 0.15) is 5.82 Å². The van der Waals surface area contributed by atoms with Gasteiger partial charge in [-0.2, -0.15) is 0 Å². The third kappa shape index (κ3) is 5.46. The fourth-order valence-electron chi connectivity index (χ4n) is 2.84. The Bertz CT molecular complexity index is 505. The fraction of sp³-hybridized carbons (Fsp3) is 0.667. The minimum absolute atomic E-state index is 0.159. The Labute approximate surface area is 141 Å². The van der Waals surface area contributed by atoms with Crippen LogP contribution in [0.5, 0.6) is 0 Å². The van der Waals surface area contributed by atoms with E-state index in [0.29, 0.717) is 18.9 Å². The van der Waals surface area contributed by atoms with Crippen LogP contribution < -0.4 is 0 Å². The fourth-order valence-corrected chi connectivity index (χ4v) is 2.84. The third-order valence-electron chi connectivity index (χ3n) is 4.29. The Morgan fingerprint density at radius 2 is 1.46 bits per heavy atom. The molecule has 0 saturated heterocycles. The van der Waals surface area contributed by atoms with Gasteiger partial charge >= 0.3 is 0 Å². The average molecular weight is 348 g/mol. The van der Waals surface area contributed by atoms with Crippen LogP contribution in [0.3, 0.4) is 0 Å². The topological polar surface area (TPSA) is 38.7 Å². The molecule has 0 radical (unpaired) electrons. The molecular weight excluding hydrogens is 321 g/mol. The number of aliphatic hydroxyl groups is 1. The number of hydrogen-bond donors (Lipinski definition) is 1. The van der Waals surface area contributed by atoms with Crippen LogP contribution in [0.25, 0.3) is 0 Å². The van der Waals surface area contributed by atoms with Crippen molar-refractivity contribution in [3.63, 3.8) is 0 Å². The molecular formula is C18H27F3O3. The minimum Gasteiger partial charge on any atom is -0.343 e. The van der Waals surface area contributed by atoms with E-state index in [4.69, 9.17) is 9.47 Å². The number of unbranched alkanes of at least 4 members (excludes halogenated alkanes) is 5. The molecule has 1 N–H and O–H groups in total. The molecule has 0 aromatic heterocycles. The normalized spacial score (nSPS) is 13.3. The molecule has 0 saturated carbocycles. The lowest BCUT2D eigenvalue weighted by Gasteiger charge is -2.33. The van der Waals surface area contributed by atoms with Gasteiger partial charge in [0.2, 0.25) is 0 Å². The van der Waals surface area contributed by atoms with Gasteiger partial charge in [-0.25, -0.2) is 13.2 Å². The van der Waals surface area contributed by atoms with E-state index in [9.17, 15) is 18.3 Å². The van der Waals surface area contributed by atoms with Crippen molar-refractivity contribution in [1.29, 1.82) is 0 Å². The molecule has 1 aromatic rings. The quantitative estimate of drug-likeness (QED) is 0.352. The maximum absolute atomic E-state index is 14.1. The molecule has 0 amide bonds. The van der Waals surface area contributed by atoms with E-state index in [1.807, 2.05) is 0 Å². The standard InChI is InChI=1S/C18H27F3O3/c1-4-5-6-7-8-9-10-14(18(22,23-2)24-3)13-11-16(20)17(21)12-15(13)19/h11-12,14,22H,4-10H2,1-3H3. The van der Waals surface area contributed by atoms with Crippen molar-refractivity contribution in [2.45, 2.75) is 63.8 Å². The van der Waals surface area contributed by atoms with Crippen LogP contribution in [-0.2, 0) is 9.47 Å². The van der Waals surface area contributed by atoms with Crippen LogP contribution >= 0.6 is 0 Å². The third-order valence-corrected chi connectivity index (χ3v) is 4.29. The Morgan fingerprint density at radius 3 is 2.04 bits per heavy atom. The first-order valence-electron chi connectivity index (χ1n) is 8.36. The maximum atomic E-state index is 14.1. The number of halogens is 3. The van der Waals surface area contributed by atoms with Gasteiger partial charge in [0, 0.05) is 25.8 Å². The second kappa shape index (κ2) is 10.0. The lowest BCUT2D eigenvalue weighted by Crippen LogP contribution is -2.41. The number of methoxy groups -OCH3 is 2. The van der Waals surface area contributed by atoms with Gasteiger partial charge in [-0.05, 0) is 12.5 Å². The number of hydrogen-bond acceptors (Lipinski definition) is 3. The monoisotopic (exact) mass is 348 g/mol. The Kier molecular flexibility index (Phi) is 8.73. The molecule has 1 aromatic carbocycles. The van der Waals surface area contributed by atoms with Crippen molar-refractivity contribution >= 4 is 0 Å². The second-order valence-electron chi connectivity index (χ2n) is 5.94. The molecule has 6 heteroatoms. The molecule has 0 spiro atoms. The van der Waals surface area contributed by atoms with Crippen molar-refractivity contribution in [1.82, 2.24) is 0 Å². The van der Waals surface area contributed by atoms with Gasteiger partial charge in [-0.15, -0.1) is 0 Å². The highest BCUT2D eigenvalue weighted by molar-refractivity contribution is 5.25. The highest BCUT2D eigenvalue weighted by atomic mass is 19.2. The maximum Gasteiger partial charge on any atom is 0.287 e. The van der Waals surface area contributed by atoms with E-state index in [-0.39, 0.29) is 5.56 Å². The molecule has 0 fully saturated rings. The molecule has 0 aliphatic carbocycles. The van der Waals surface area contributed by atoms with Crippen LogP contribution in [-0.4, -0.2) is 25.3 Å². The van der Waals surface area contributed by atoms with Crippen molar-refractivity contribution in [2.75, 3.05) is 14.2 Å². The van der Waals surface area contributed by atoms with Crippen LogP contribution in [0.15, 0.2) is 12.1 Å². The Hall–Kier alpha value is -1.11. The SMILES string of the molecule is CCCCCCCCC(c1cc(F)c(F)cc1F)C(O)(OC)OC. The van der Waals surface area contributed by atoms with Crippen molar-refractivity contribution in [2.24, 2.45) is 0 Å². The minimum atomic E-state index is -2.10. The summed E-state index contributed by atoms with van der Waals surface area (Å²) in [6.45, 7) is 2.12. The van der Waals surface area contributed by atoms with Gasteiger partial charge < -0.3 is 14.6 Å². The summed E-state index contributed by atoms with van der Waals surface area (Å²) in [4.78, 5) is 0. The highest BCUT2D eigenvalue weighted by Crippen LogP contribution is 2.36. The first kappa shape index (κ1) is 20.9. The van der Waals surface area contributed by atoms with E-state index in [2.05, 4.69) is 6.92 Å². The lowest BCUT2D eigenvalue weighted by atomic mass is 9.89. The molecule has 0 bridgehead atoms. The predicted octanol–water partition coefficient (Wildman–Crippen LogP) is 4.88. The van der Waals surface area contributed by atoms with Crippen molar-refractivity contribution in [3.8, 4) is 0 Å². The molecule has 0 heterocycles. The smallest absolute Gasteiger partial charge is 0.287 e. The molecule has 138 valence electrons. The summed E-state index contributed by atoms with van der Waals surface area (Å²) in [5.74, 6) is -6.44. The van der Waals surface area contributed by atoms with Crippen LogP contribution in [0, 0.1) is 17.5 Å². The highest BCUT2D eigenvalue weighted by Gasteiger charge is 2.40. The lowest BCUT2D eigenvalue weighted by molar-refractivity contribution is -0.353. The van der Waals surface area contributed by atoms with Gasteiger partial charge in [-0.3, -0.25) is 0 Å². The van der Waals surface area contributed by atoms with E-state index < -0.39 is 29.3 Å². The zero-order valence-electron chi connectivity index (χ0n) is 14.6. The summed E-state index contributed by atoms with van der Waals surface area (Å²) >= 11 is 0. The van der Waals surface area contributed by atoms with E-state index in [0.717, 1.165) is 38.2 Å². The summed E-state index contributed by atoms with van der Waals surface area (Å²) in [7, 11) is 2.44. The summed E-state index contributed by atoms with van der Waals surface area (Å²) in [5.41, 5.74) is -0.159. The van der Waals surface area contributed by atoms with Crippen molar-refractivity contribution in [3.05, 3.63) is 35.1 Å². The molecule has 1 rings (SSSR count). The number of rotatable bonds is 11. The predicted molar refractivity (Wildman–Crippen MR) is 86.0 cm³/mol. The van der Waals surface area contributed by atoms with Crippen molar-refractivity contribution < 1.29 is 27.8 Å². The average Bonchev–Trinajstić information content (AvgIpc) is 2.57. The number of benzene rings is 1. The zero-order chi connectivity index (χ0) is 18.2. The second-order valence-corrected chi connectivity index (χ2v) is 5.94. The molecule has 24 heavy (non-hydrogen) atoms. The summed E-state index contributed by atoms with van der Waals surface area (Å²) in [6.07, 6.45) is 6.33. The summed E-state index contributed by atoms with van der Waals surface area (Å²) in [6, 6.07) is 1.24. The van der Waals surface area contributed by atoms with Gasteiger partial charge in [0.15, 0.2) is 11.6 Å². The number of ether oxygens (including phenoxy) is 2. The van der Waals surface area contributed by atoms with Crippen LogP contribution in [0.1, 0.15) is 63.4 Å². The molecule has 1 unspecified atom stereocenters. The van der Waals surface area contributed by atoms with Crippen LogP contribution in [0.4, 0.5) is 13.2 Å². The molecule has 0 aliphatic heterocycles. The van der Waals surface area contributed by atoms with E-state index in [1.165, 1.54) is 14.2 Å². The molecule has 0 aliphatic rings. The largest absolute Gasteiger partial charge is 0.343 e. The Balaban J connectivity index is 2.92. The van der Waals surface area contributed by atoms with Gasteiger partial charge in [-0.1, -0.05) is 45.4 Å². The summed E-state index contributed by atoms with van der Waals surface area (Å²) < 4.78 is 50.8. The van der Waals surface area contributed by atoms with E-state index >= 15 is 0 Å². The summed E-state index contributed by atoms with van der Waals surface area (Å²) in [5, 5.41) is 10.4. The first-order valence-corrected chi connectivity index (χ1v) is 8.36. The first-order chi connectivity index (χ1) is 11.4.